The Morgan fingerprint density at radius 1 is 1.29 bits per heavy atom. The molecule has 0 atom stereocenters. The molecule has 110 valence electrons. The molecule has 1 amide bonds. The number of amides is 1. The van der Waals surface area contributed by atoms with Crippen molar-refractivity contribution in [3.8, 4) is 0 Å². The van der Waals surface area contributed by atoms with E-state index in [0.29, 0.717) is 12.5 Å². The highest BCUT2D eigenvalue weighted by atomic mass is 16.2. The van der Waals surface area contributed by atoms with Gasteiger partial charge in [0.2, 0.25) is 5.91 Å². The van der Waals surface area contributed by atoms with Gasteiger partial charge < -0.3 is 5.32 Å². The molecule has 21 heavy (non-hydrogen) atoms. The first-order valence-corrected chi connectivity index (χ1v) is 6.94. The second-order valence-electron chi connectivity index (χ2n) is 5.16. The molecule has 0 bridgehead atoms. The molecule has 1 aromatic carbocycles. The first-order chi connectivity index (χ1) is 10.1. The molecule has 2 aromatic rings. The summed E-state index contributed by atoms with van der Waals surface area (Å²) in [5.74, 6) is 0.197. The number of nitrogens with one attached hydrogen (secondary N) is 1. The van der Waals surface area contributed by atoms with Crippen LogP contribution in [-0.2, 0) is 17.9 Å². The summed E-state index contributed by atoms with van der Waals surface area (Å²) in [6.45, 7) is 4.68. The summed E-state index contributed by atoms with van der Waals surface area (Å²) < 4.78 is 1.28. The van der Waals surface area contributed by atoms with Gasteiger partial charge in [0.1, 0.15) is 6.54 Å². The van der Waals surface area contributed by atoms with Gasteiger partial charge in [0.15, 0.2) is 0 Å². The molecule has 5 nitrogen and oxygen atoms in total. The van der Waals surface area contributed by atoms with Crippen LogP contribution in [0.15, 0.2) is 47.5 Å². The molecule has 1 aromatic heterocycles. The SMILES string of the molecule is CC(C)c1ccccc1CNC(=O)Cn1cccnc1=O. The van der Waals surface area contributed by atoms with E-state index in [9.17, 15) is 9.59 Å². The van der Waals surface area contributed by atoms with Crippen LogP contribution in [0.1, 0.15) is 30.9 Å². The van der Waals surface area contributed by atoms with E-state index in [2.05, 4.69) is 30.2 Å². The fraction of sp³-hybridized carbons (Fsp3) is 0.312. The topological polar surface area (TPSA) is 64.0 Å². The highest BCUT2D eigenvalue weighted by Gasteiger charge is 2.08. The zero-order valence-corrected chi connectivity index (χ0v) is 12.2. The van der Waals surface area contributed by atoms with Crippen LogP contribution in [0, 0.1) is 0 Å². The Morgan fingerprint density at radius 2 is 2.05 bits per heavy atom. The monoisotopic (exact) mass is 285 g/mol. The van der Waals surface area contributed by atoms with Gasteiger partial charge in [-0.2, -0.15) is 0 Å². The third kappa shape index (κ3) is 4.02. The van der Waals surface area contributed by atoms with Gasteiger partial charge in [-0.05, 0) is 23.1 Å². The molecule has 0 unspecified atom stereocenters. The Bertz CT molecular complexity index is 677. The fourth-order valence-electron chi connectivity index (χ4n) is 2.17. The minimum atomic E-state index is -0.421. The Morgan fingerprint density at radius 3 is 2.76 bits per heavy atom. The summed E-state index contributed by atoms with van der Waals surface area (Å²) in [4.78, 5) is 27.0. The highest BCUT2D eigenvalue weighted by molar-refractivity contribution is 5.75. The van der Waals surface area contributed by atoms with E-state index in [0.717, 1.165) is 5.56 Å². The number of nitrogens with zero attached hydrogens (tertiary/aromatic N) is 2. The maximum Gasteiger partial charge on any atom is 0.347 e. The van der Waals surface area contributed by atoms with E-state index in [4.69, 9.17) is 0 Å². The van der Waals surface area contributed by atoms with E-state index >= 15 is 0 Å². The first-order valence-electron chi connectivity index (χ1n) is 6.94. The summed E-state index contributed by atoms with van der Waals surface area (Å²) in [5, 5.41) is 2.84. The van der Waals surface area contributed by atoms with Crippen molar-refractivity contribution in [2.45, 2.75) is 32.9 Å². The van der Waals surface area contributed by atoms with Crippen LogP contribution in [0.25, 0.3) is 0 Å². The van der Waals surface area contributed by atoms with Crippen molar-refractivity contribution in [3.05, 3.63) is 64.3 Å². The lowest BCUT2D eigenvalue weighted by Gasteiger charge is -2.13. The summed E-state index contributed by atoms with van der Waals surface area (Å²) >= 11 is 0. The molecule has 2 rings (SSSR count). The lowest BCUT2D eigenvalue weighted by Crippen LogP contribution is -2.32. The van der Waals surface area contributed by atoms with Crippen molar-refractivity contribution >= 4 is 5.91 Å². The average Bonchev–Trinajstić information content (AvgIpc) is 2.48. The molecular weight excluding hydrogens is 266 g/mol. The fourth-order valence-corrected chi connectivity index (χ4v) is 2.17. The molecule has 1 heterocycles. The predicted octanol–water partition coefficient (Wildman–Crippen LogP) is 1.68. The third-order valence-electron chi connectivity index (χ3n) is 3.25. The van der Waals surface area contributed by atoms with Crippen molar-refractivity contribution in [1.29, 1.82) is 0 Å². The number of aromatic nitrogens is 2. The lowest BCUT2D eigenvalue weighted by molar-refractivity contribution is -0.121. The zero-order chi connectivity index (χ0) is 15.2. The summed E-state index contributed by atoms with van der Waals surface area (Å²) in [6.07, 6.45) is 2.96. The minimum absolute atomic E-state index is 0.0173. The minimum Gasteiger partial charge on any atom is -0.350 e. The van der Waals surface area contributed by atoms with Crippen LogP contribution < -0.4 is 11.0 Å². The van der Waals surface area contributed by atoms with Gasteiger partial charge in [0.25, 0.3) is 0 Å². The Kier molecular flexibility index (Phi) is 4.87. The van der Waals surface area contributed by atoms with Gasteiger partial charge in [0.05, 0.1) is 0 Å². The number of carbonyl (C=O) groups excluding carboxylic acids is 1. The van der Waals surface area contributed by atoms with Gasteiger partial charge in [-0.1, -0.05) is 38.1 Å². The van der Waals surface area contributed by atoms with Gasteiger partial charge in [0, 0.05) is 18.9 Å². The Labute approximate surface area is 123 Å². The van der Waals surface area contributed by atoms with E-state index in [-0.39, 0.29) is 12.5 Å². The van der Waals surface area contributed by atoms with Gasteiger partial charge >= 0.3 is 5.69 Å². The van der Waals surface area contributed by atoms with Gasteiger partial charge in [-0.15, -0.1) is 0 Å². The second-order valence-corrected chi connectivity index (χ2v) is 5.16. The summed E-state index contributed by atoms with van der Waals surface area (Å²) in [7, 11) is 0. The van der Waals surface area contributed by atoms with Crippen LogP contribution in [-0.4, -0.2) is 15.5 Å². The van der Waals surface area contributed by atoms with Crippen molar-refractivity contribution < 1.29 is 4.79 Å². The molecule has 0 aliphatic heterocycles. The quantitative estimate of drug-likeness (QED) is 0.909. The van der Waals surface area contributed by atoms with Crippen molar-refractivity contribution in [2.75, 3.05) is 0 Å². The first kappa shape index (κ1) is 15.0. The molecule has 0 aliphatic rings. The van der Waals surface area contributed by atoms with Gasteiger partial charge in [-0.3, -0.25) is 9.36 Å². The van der Waals surface area contributed by atoms with E-state index in [1.54, 1.807) is 12.3 Å². The molecule has 1 N–H and O–H groups in total. The van der Waals surface area contributed by atoms with Crippen molar-refractivity contribution in [1.82, 2.24) is 14.9 Å². The number of rotatable bonds is 5. The standard InChI is InChI=1S/C16H19N3O2/c1-12(2)14-7-4-3-6-13(14)10-18-15(20)11-19-9-5-8-17-16(19)21/h3-9,12H,10-11H2,1-2H3,(H,18,20). The van der Waals surface area contributed by atoms with Crippen LogP contribution in [0.3, 0.4) is 0 Å². The Balaban J connectivity index is 1.99. The van der Waals surface area contributed by atoms with E-state index < -0.39 is 5.69 Å². The highest BCUT2D eigenvalue weighted by Crippen LogP contribution is 2.18. The largest absolute Gasteiger partial charge is 0.350 e. The predicted molar refractivity (Wildman–Crippen MR) is 80.9 cm³/mol. The molecule has 0 saturated carbocycles. The average molecular weight is 285 g/mol. The lowest BCUT2D eigenvalue weighted by atomic mass is 9.97. The van der Waals surface area contributed by atoms with Crippen molar-refractivity contribution in [2.24, 2.45) is 0 Å². The molecule has 0 fully saturated rings. The molecule has 0 radical (unpaired) electrons. The maximum atomic E-state index is 11.9. The normalized spacial score (nSPS) is 10.6. The molecule has 5 heteroatoms. The third-order valence-corrected chi connectivity index (χ3v) is 3.25. The smallest absolute Gasteiger partial charge is 0.347 e. The molecule has 0 spiro atoms. The van der Waals surface area contributed by atoms with Crippen LogP contribution in [0.5, 0.6) is 0 Å². The second kappa shape index (κ2) is 6.83. The summed E-state index contributed by atoms with van der Waals surface area (Å²) in [5.41, 5.74) is 1.89. The van der Waals surface area contributed by atoms with Crippen LogP contribution >= 0.6 is 0 Å². The van der Waals surface area contributed by atoms with Crippen molar-refractivity contribution in [3.63, 3.8) is 0 Å². The zero-order valence-electron chi connectivity index (χ0n) is 12.2. The van der Waals surface area contributed by atoms with Crippen LogP contribution in [0.4, 0.5) is 0 Å². The van der Waals surface area contributed by atoms with Crippen LogP contribution in [0.2, 0.25) is 0 Å². The molecule has 0 aliphatic carbocycles. The molecular formula is C16H19N3O2. The van der Waals surface area contributed by atoms with Gasteiger partial charge in [-0.25, -0.2) is 9.78 Å². The van der Waals surface area contributed by atoms with E-state index in [1.165, 1.54) is 16.3 Å². The number of hydrogen-bond acceptors (Lipinski definition) is 3. The summed E-state index contributed by atoms with van der Waals surface area (Å²) in [6, 6.07) is 9.65. The number of benzene rings is 1. The molecule has 0 saturated heterocycles. The number of hydrogen-bond donors (Lipinski definition) is 1. The Hall–Kier alpha value is -2.43. The maximum absolute atomic E-state index is 11.9. The number of carbonyl (C=O) groups is 1. The van der Waals surface area contributed by atoms with E-state index in [1.807, 2.05) is 18.2 Å².